The molecule has 7 heteroatoms. The molecule has 0 heterocycles. The van der Waals surface area contributed by atoms with Crippen molar-refractivity contribution >= 4 is 23.5 Å². The first-order chi connectivity index (χ1) is 9.49. The van der Waals surface area contributed by atoms with Gasteiger partial charge in [-0.3, -0.25) is 10.1 Å². The second-order valence-electron chi connectivity index (χ2n) is 4.08. The van der Waals surface area contributed by atoms with Crippen LogP contribution in [0, 0.1) is 0 Å². The number of urea groups is 1. The summed E-state index contributed by atoms with van der Waals surface area (Å²) in [6.45, 7) is 2.07. The van der Waals surface area contributed by atoms with Crippen molar-refractivity contribution in [1.82, 2.24) is 16.0 Å². The highest BCUT2D eigenvalue weighted by atomic mass is 35.5. The molecule has 0 aliphatic heterocycles. The fourth-order valence-electron chi connectivity index (χ4n) is 1.52. The second kappa shape index (κ2) is 7.72. The maximum Gasteiger partial charge on any atom is 0.321 e. The van der Waals surface area contributed by atoms with Crippen molar-refractivity contribution in [2.75, 3.05) is 14.1 Å². The van der Waals surface area contributed by atoms with Crippen LogP contribution in [0.5, 0.6) is 5.75 Å². The topological polar surface area (TPSA) is 79.5 Å². The summed E-state index contributed by atoms with van der Waals surface area (Å²) in [5.41, 5.74) is 0.760. The van der Waals surface area contributed by atoms with Crippen LogP contribution in [-0.2, 0) is 11.3 Å². The summed E-state index contributed by atoms with van der Waals surface area (Å²) in [4.78, 5) is 22.8. The van der Waals surface area contributed by atoms with Gasteiger partial charge >= 0.3 is 6.03 Å². The van der Waals surface area contributed by atoms with Gasteiger partial charge in [0.05, 0.1) is 0 Å². The van der Waals surface area contributed by atoms with Crippen LogP contribution in [0.2, 0.25) is 5.02 Å². The predicted molar refractivity (Wildman–Crippen MR) is 76.9 cm³/mol. The maximum atomic E-state index is 11.7. The minimum Gasteiger partial charge on any atom is -0.480 e. The molecule has 1 aromatic rings. The highest BCUT2D eigenvalue weighted by molar-refractivity contribution is 6.31. The fourth-order valence-corrected chi connectivity index (χ4v) is 1.75. The molecule has 0 bridgehead atoms. The van der Waals surface area contributed by atoms with E-state index in [1.165, 1.54) is 7.05 Å². The Morgan fingerprint density at radius 1 is 1.35 bits per heavy atom. The lowest BCUT2D eigenvalue weighted by Crippen LogP contribution is -2.44. The van der Waals surface area contributed by atoms with Crippen molar-refractivity contribution in [1.29, 1.82) is 0 Å². The molecule has 0 aliphatic carbocycles. The predicted octanol–water partition coefficient (Wildman–Crippen LogP) is 1.28. The van der Waals surface area contributed by atoms with Gasteiger partial charge in [0.15, 0.2) is 6.10 Å². The summed E-state index contributed by atoms with van der Waals surface area (Å²) in [5, 5.41) is 7.98. The third-order valence-electron chi connectivity index (χ3n) is 2.57. The molecule has 0 saturated carbocycles. The van der Waals surface area contributed by atoms with E-state index < -0.39 is 18.0 Å². The van der Waals surface area contributed by atoms with Gasteiger partial charge in [-0.05, 0) is 26.1 Å². The van der Waals surface area contributed by atoms with Gasteiger partial charge in [-0.1, -0.05) is 17.7 Å². The number of rotatable bonds is 5. The van der Waals surface area contributed by atoms with Gasteiger partial charge in [-0.2, -0.15) is 0 Å². The zero-order chi connectivity index (χ0) is 15.1. The molecule has 3 N–H and O–H groups in total. The van der Waals surface area contributed by atoms with Gasteiger partial charge in [0.25, 0.3) is 5.91 Å². The summed E-state index contributed by atoms with van der Waals surface area (Å²) >= 11 is 6.09. The van der Waals surface area contributed by atoms with E-state index in [-0.39, 0.29) is 0 Å². The number of ether oxygens (including phenoxy) is 1. The number of nitrogens with one attached hydrogen (secondary N) is 3. The first kappa shape index (κ1) is 16.3. The number of hydrogen-bond acceptors (Lipinski definition) is 4. The molecule has 1 atom stereocenters. The normalized spacial score (nSPS) is 11.6. The molecule has 0 saturated heterocycles. The van der Waals surface area contributed by atoms with E-state index in [1.807, 2.05) is 0 Å². The monoisotopic (exact) mass is 299 g/mol. The summed E-state index contributed by atoms with van der Waals surface area (Å²) in [5.74, 6) is -0.0221. The van der Waals surface area contributed by atoms with E-state index in [0.717, 1.165) is 5.56 Å². The molecule has 0 aromatic heterocycles. The molecular weight excluding hydrogens is 282 g/mol. The Labute approximate surface area is 122 Å². The Balaban J connectivity index is 2.79. The molecule has 6 nitrogen and oxygen atoms in total. The molecule has 20 heavy (non-hydrogen) atoms. The van der Waals surface area contributed by atoms with Crippen molar-refractivity contribution in [3.05, 3.63) is 28.8 Å². The number of imide groups is 1. The minimum atomic E-state index is -0.818. The third-order valence-corrected chi connectivity index (χ3v) is 2.92. The molecule has 0 spiro atoms. The largest absolute Gasteiger partial charge is 0.480 e. The Hall–Kier alpha value is -1.79. The van der Waals surface area contributed by atoms with Crippen LogP contribution < -0.4 is 20.7 Å². The lowest BCUT2D eigenvalue weighted by atomic mass is 10.2. The Morgan fingerprint density at radius 2 is 2.05 bits per heavy atom. The van der Waals surface area contributed by atoms with Crippen molar-refractivity contribution in [2.45, 2.75) is 19.6 Å². The SMILES string of the molecule is CNCc1c(Cl)cccc1OC(C)C(=O)NC(=O)NC. The first-order valence-corrected chi connectivity index (χ1v) is 6.48. The first-order valence-electron chi connectivity index (χ1n) is 6.10. The van der Waals surface area contributed by atoms with Gasteiger partial charge in [-0.25, -0.2) is 4.79 Å². The van der Waals surface area contributed by atoms with E-state index in [4.69, 9.17) is 16.3 Å². The molecule has 3 amide bonds. The van der Waals surface area contributed by atoms with Gasteiger partial charge in [-0.15, -0.1) is 0 Å². The van der Waals surface area contributed by atoms with Crippen LogP contribution in [0.1, 0.15) is 12.5 Å². The quantitative estimate of drug-likeness (QED) is 0.765. The van der Waals surface area contributed by atoms with Crippen LogP contribution >= 0.6 is 11.6 Å². The average molecular weight is 300 g/mol. The second-order valence-corrected chi connectivity index (χ2v) is 4.48. The summed E-state index contributed by atoms with van der Waals surface area (Å²) < 4.78 is 5.57. The van der Waals surface area contributed by atoms with Crippen molar-refractivity contribution in [2.24, 2.45) is 0 Å². The van der Waals surface area contributed by atoms with Crippen LogP contribution in [0.3, 0.4) is 0 Å². The van der Waals surface area contributed by atoms with E-state index >= 15 is 0 Å². The smallest absolute Gasteiger partial charge is 0.321 e. The number of carbonyl (C=O) groups is 2. The van der Waals surface area contributed by atoms with E-state index in [1.54, 1.807) is 32.2 Å². The molecule has 0 aliphatic rings. The zero-order valence-corrected chi connectivity index (χ0v) is 12.4. The Kier molecular flexibility index (Phi) is 6.27. The standard InChI is InChI=1S/C13H18ClN3O3/c1-8(12(18)17-13(19)16-3)20-11-6-4-5-10(14)9(11)7-15-2/h4-6,8,15H,7H2,1-3H3,(H2,16,17,18,19). The maximum absolute atomic E-state index is 11.7. The van der Waals surface area contributed by atoms with Crippen LogP contribution in [0.25, 0.3) is 0 Å². The molecule has 110 valence electrons. The highest BCUT2D eigenvalue weighted by Gasteiger charge is 2.18. The van der Waals surface area contributed by atoms with Gasteiger partial charge in [0.1, 0.15) is 5.75 Å². The number of hydrogen-bond donors (Lipinski definition) is 3. The van der Waals surface area contributed by atoms with Crippen molar-refractivity contribution in [3.8, 4) is 5.75 Å². The lowest BCUT2D eigenvalue weighted by molar-refractivity contribution is -0.126. The van der Waals surface area contributed by atoms with Crippen molar-refractivity contribution < 1.29 is 14.3 Å². The molecule has 0 radical (unpaired) electrons. The summed E-state index contributed by atoms with van der Waals surface area (Å²) in [7, 11) is 3.21. The van der Waals surface area contributed by atoms with Gasteiger partial charge < -0.3 is 15.4 Å². The van der Waals surface area contributed by atoms with E-state index in [9.17, 15) is 9.59 Å². The Bertz CT molecular complexity index is 494. The van der Waals surface area contributed by atoms with Crippen molar-refractivity contribution in [3.63, 3.8) is 0 Å². The lowest BCUT2D eigenvalue weighted by Gasteiger charge is -2.17. The molecule has 0 fully saturated rings. The number of halogens is 1. The number of benzene rings is 1. The summed E-state index contributed by atoms with van der Waals surface area (Å²) in [6, 6.07) is 4.63. The van der Waals surface area contributed by atoms with Gasteiger partial charge in [0, 0.05) is 24.2 Å². The number of amides is 3. The van der Waals surface area contributed by atoms with E-state index in [2.05, 4.69) is 16.0 Å². The molecule has 1 unspecified atom stereocenters. The van der Waals surface area contributed by atoms with Crippen LogP contribution in [0.4, 0.5) is 4.79 Å². The van der Waals surface area contributed by atoms with E-state index in [0.29, 0.717) is 17.3 Å². The highest BCUT2D eigenvalue weighted by Crippen LogP contribution is 2.27. The third kappa shape index (κ3) is 4.40. The van der Waals surface area contributed by atoms with Crippen LogP contribution in [-0.4, -0.2) is 32.1 Å². The molecular formula is C13H18ClN3O3. The average Bonchev–Trinajstić information content (AvgIpc) is 2.42. The minimum absolute atomic E-state index is 0.506. The summed E-state index contributed by atoms with van der Waals surface area (Å²) in [6.07, 6.45) is -0.818. The Morgan fingerprint density at radius 3 is 2.65 bits per heavy atom. The number of carbonyl (C=O) groups excluding carboxylic acids is 2. The molecule has 1 aromatic carbocycles. The molecule has 1 rings (SSSR count). The van der Waals surface area contributed by atoms with Crippen LogP contribution in [0.15, 0.2) is 18.2 Å². The van der Waals surface area contributed by atoms with Gasteiger partial charge in [0.2, 0.25) is 0 Å². The zero-order valence-electron chi connectivity index (χ0n) is 11.6. The fraction of sp³-hybridized carbons (Fsp3) is 0.385.